The van der Waals surface area contributed by atoms with E-state index in [-0.39, 0.29) is 48.0 Å². The Morgan fingerprint density at radius 2 is 0.817 bits per heavy atom. The minimum absolute atomic E-state index is 0. The van der Waals surface area contributed by atoms with Crippen LogP contribution in [0, 0.1) is 0 Å². The number of halogens is 2. The molecule has 7 aromatic rings. The molecule has 0 aliphatic carbocycles. The zero-order chi connectivity index (χ0) is 40.0. The molecule has 0 spiro atoms. The molecule has 0 radical (unpaired) electrons. The van der Waals surface area contributed by atoms with Gasteiger partial charge in [0.1, 0.15) is 34.4 Å². The third-order valence-corrected chi connectivity index (χ3v) is 10.3. The summed E-state index contributed by atoms with van der Waals surface area (Å²) >= 11 is 0. The average Bonchev–Trinajstić information content (AvgIpc) is 4.03. The zero-order valence-corrected chi connectivity index (χ0v) is 38.7. The highest BCUT2D eigenvalue weighted by atomic mass is 127. The van der Waals surface area contributed by atoms with Crippen molar-refractivity contribution in [2.45, 2.75) is 0 Å². The van der Waals surface area contributed by atoms with Gasteiger partial charge in [0.15, 0.2) is 0 Å². The predicted molar refractivity (Wildman–Crippen MR) is 242 cm³/mol. The van der Waals surface area contributed by atoms with Crippen molar-refractivity contribution in [2.24, 2.45) is 0 Å². The van der Waals surface area contributed by atoms with Crippen molar-refractivity contribution in [1.82, 2.24) is 28.9 Å². The number of nitrogens with one attached hydrogen (secondary N) is 2. The first-order valence-electron chi connectivity index (χ1n) is 19.4. The van der Waals surface area contributed by atoms with Crippen molar-refractivity contribution in [3.05, 3.63) is 156 Å². The highest BCUT2D eigenvalue weighted by Gasteiger charge is 2.17. The van der Waals surface area contributed by atoms with E-state index in [1.807, 2.05) is 48.5 Å². The number of nitrogens with zero attached hydrogens (tertiary/aromatic N) is 4. The second-order valence-corrected chi connectivity index (χ2v) is 16.5. The number of hydrogen-bond acceptors (Lipinski definition) is 4. The van der Waals surface area contributed by atoms with Crippen molar-refractivity contribution in [2.75, 3.05) is 42.3 Å². The van der Waals surface area contributed by atoms with Gasteiger partial charge >= 0.3 is 0 Å². The van der Waals surface area contributed by atoms with Crippen molar-refractivity contribution in [3.8, 4) is 45.3 Å². The number of benzene rings is 4. The summed E-state index contributed by atoms with van der Waals surface area (Å²) in [4.78, 5) is 17.6. The van der Waals surface area contributed by atoms with Gasteiger partial charge in [0.2, 0.25) is 0 Å². The van der Waals surface area contributed by atoms with Gasteiger partial charge in [-0.15, -0.1) is 0 Å². The zero-order valence-electron chi connectivity index (χ0n) is 34.4. The fraction of sp³-hybridized carbons (Fsp3) is 0.120. The van der Waals surface area contributed by atoms with Gasteiger partial charge in [-0.3, -0.25) is 8.97 Å². The molecule has 3 aromatic heterocycles. The Bertz CT molecular complexity index is 2720. The summed E-state index contributed by atoms with van der Waals surface area (Å²) < 4.78 is 14.0. The molecule has 0 amide bonds. The number of ether oxygens (including phenoxy) is 2. The van der Waals surface area contributed by atoms with Crippen molar-refractivity contribution in [1.29, 1.82) is 0 Å². The molecular formula is C50H46I2N6O2. The largest absolute Gasteiger partial charge is 1.00 e. The number of quaternary nitrogens is 2. The molecule has 2 aliphatic heterocycles. The maximum Gasteiger partial charge on any atom is 0.135 e. The Labute approximate surface area is 385 Å². The SMILES string of the molecule is C[N+](C)(C)c1cccc(Oc2ccc(-c3c4nc(cc5ccc([nH]5)c(-c5ccc(Oc6cccc([N+](C)(C)C)c6)cc5)c5nc(cc6ccc3[nH]6)C=C5)C=C4)cc2)c1.[I-].[I-]. The molecule has 0 unspecified atom stereocenters. The van der Waals surface area contributed by atoms with Crippen LogP contribution in [0.25, 0.3) is 68.6 Å². The summed E-state index contributed by atoms with van der Waals surface area (Å²) in [5.74, 6) is 3.15. The van der Waals surface area contributed by atoms with Gasteiger partial charge in [0, 0.05) is 45.3 Å². The Kier molecular flexibility index (Phi) is 12.2. The van der Waals surface area contributed by atoms with Crippen molar-refractivity contribution >= 4 is 57.7 Å². The lowest BCUT2D eigenvalue weighted by Crippen LogP contribution is -3.00. The standard InChI is InChI=1S/C50H46N6O2.2HI/c1-55(2,3)39-9-7-11-43(31-39)57-41-21-13-33(14-22-41)49-45-25-17-35(51-45)29-37-19-27-47(53-37)50(48-28-20-38(54-48)30-36-18-26-46(49)52-36)34-15-23-42(24-16-34)58-44-12-8-10-40(32-44)56(4,5)6;;/h7-32,51,54H,1-6H3;2*1H/q+2;;/p-2. The van der Waals surface area contributed by atoms with E-state index in [2.05, 4.69) is 161 Å². The summed E-state index contributed by atoms with van der Waals surface area (Å²) in [5, 5.41) is 0. The van der Waals surface area contributed by atoms with E-state index in [0.717, 1.165) is 90.1 Å². The molecule has 0 atom stereocenters. The molecular weight excluding hydrogens is 970 g/mol. The summed E-state index contributed by atoms with van der Waals surface area (Å²) in [6, 6.07) is 45.5. The molecule has 0 saturated heterocycles. The first kappa shape index (κ1) is 42.6. The Morgan fingerprint density at radius 1 is 0.417 bits per heavy atom. The summed E-state index contributed by atoms with van der Waals surface area (Å²) in [7, 11) is 12.9. The van der Waals surface area contributed by atoms with Gasteiger partial charge in [-0.25, -0.2) is 9.97 Å². The molecule has 0 fully saturated rings. The van der Waals surface area contributed by atoms with Crippen LogP contribution in [0.5, 0.6) is 23.0 Å². The predicted octanol–water partition coefficient (Wildman–Crippen LogP) is 5.98. The lowest BCUT2D eigenvalue weighted by molar-refractivity contribution is -0.001000. The molecule has 4 aromatic carbocycles. The van der Waals surface area contributed by atoms with Crippen molar-refractivity contribution in [3.63, 3.8) is 0 Å². The van der Waals surface area contributed by atoms with Crippen LogP contribution in [0.15, 0.2) is 133 Å². The normalized spacial score (nSPS) is 12.1. The maximum absolute atomic E-state index is 6.30. The van der Waals surface area contributed by atoms with Crippen LogP contribution in [0.3, 0.4) is 0 Å². The molecule has 10 heteroatoms. The summed E-state index contributed by atoms with van der Waals surface area (Å²) in [5.41, 5.74) is 13.6. The third-order valence-electron chi connectivity index (χ3n) is 10.3. The van der Waals surface area contributed by atoms with Crippen LogP contribution in [-0.2, 0) is 0 Å². The lowest BCUT2D eigenvalue weighted by Gasteiger charge is -2.23. The third kappa shape index (κ3) is 9.26. The van der Waals surface area contributed by atoms with Gasteiger partial charge in [-0.2, -0.15) is 0 Å². The minimum Gasteiger partial charge on any atom is -1.00 e. The van der Waals surface area contributed by atoms with E-state index >= 15 is 0 Å². The van der Waals surface area contributed by atoms with E-state index in [1.165, 1.54) is 11.4 Å². The molecule has 9 rings (SSSR count). The molecule has 8 bridgehead atoms. The fourth-order valence-corrected chi connectivity index (χ4v) is 7.26. The van der Waals surface area contributed by atoms with E-state index < -0.39 is 0 Å². The van der Waals surface area contributed by atoms with Gasteiger partial charge < -0.3 is 67.4 Å². The summed E-state index contributed by atoms with van der Waals surface area (Å²) in [6.07, 6.45) is 8.29. The minimum atomic E-state index is 0. The monoisotopic (exact) mass is 1020 g/mol. The second kappa shape index (κ2) is 17.2. The lowest BCUT2D eigenvalue weighted by atomic mass is 10.0. The molecule has 60 heavy (non-hydrogen) atoms. The molecule has 2 aliphatic rings. The highest BCUT2D eigenvalue weighted by Crippen LogP contribution is 2.36. The Morgan fingerprint density at radius 3 is 1.20 bits per heavy atom. The van der Waals surface area contributed by atoms with E-state index in [1.54, 1.807) is 0 Å². The molecule has 0 saturated carbocycles. The number of H-pyrrole nitrogens is 2. The molecule has 8 nitrogen and oxygen atoms in total. The fourth-order valence-electron chi connectivity index (χ4n) is 7.26. The van der Waals surface area contributed by atoms with Gasteiger partial charge in [-0.1, -0.05) is 36.4 Å². The molecule has 5 heterocycles. The van der Waals surface area contributed by atoms with Gasteiger partial charge in [-0.05, 0) is 120 Å². The van der Waals surface area contributed by atoms with Gasteiger partial charge in [0.25, 0.3) is 0 Å². The smallest absolute Gasteiger partial charge is 0.135 e. The number of aromatic nitrogens is 4. The Hall–Kier alpha value is -5.54. The second-order valence-electron chi connectivity index (χ2n) is 16.5. The van der Waals surface area contributed by atoms with Crippen LogP contribution in [0.4, 0.5) is 11.4 Å². The number of aromatic amines is 2. The van der Waals surface area contributed by atoms with E-state index in [4.69, 9.17) is 19.4 Å². The maximum atomic E-state index is 6.30. The average molecular weight is 1020 g/mol. The van der Waals surface area contributed by atoms with Crippen LogP contribution >= 0.6 is 0 Å². The summed E-state index contributed by atoms with van der Waals surface area (Å²) in [6.45, 7) is 0. The van der Waals surface area contributed by atoms with Gasteiger partial charge in [0.05, 0.1) is 65.1 Å². The molecule has 302 valence electrons. The number of rotatable bonds is 8. The van der Waals surface area contributed by atoms with Crippen LogP contribution in [0.1, 0.15) is 22.8 Å². The highest BCUT2D eigenvalue weighted by molar-refractivity contribution is 5.93. The first-order valence-corrected chi connectivity index (χ1v) is 19.4. The number of fused-ring (bicyclic) bond motifs is 8. The molecule has 2 N–H and O–H groups in total. The number of hydrogen-bond donors (Lipinski definition) is 2. The quantitative estimate of drug-likeness (QED) is 0.145. The van der Waals surface area contributed by atoms with E-state index in [0.29, 0.717) is 8.97 Å². The first-order chi connectivity index (χ1) is 27.9. The topological polar surface area (TPSA) is 75.8 Å². The van der Waals surface area contributed by atoms with Crippen LogP contribution in [0.2, 0.25) is 0 Å². The van der Waals surface area contributed by atoms with Crippen molar-refractivity contribution < 1.29 is 57.4 Å². The van der Waals surface area contributed by atoms with Crippen LogP contribution in [-0.4, -0.2) is 62.2 Å². The Balaban J connectivity index is 0.00000272. The van der Waals surface area contributed by atoms with Crippen LogP contribution < -0.4 is 66.4 Å². The van der Waals surface area contributed by atoms with E-state index in [9.17, 15) is 0 Å².